The standard InChI is InChI=1S/C23H25ClN6O4S/c1-34-21-13-15(30-11-9-16(31)10-12-30)7-8-20(21)27-23-25-14-17(24)22(28-23)26-18-5-3-4-6-19(18)29-35(2,32)33/h3-8,13-14,29H,9-12H2,1-2H3,(H2,25,26,27,28). The van der Waals surface area contributed by atoms with E-state index < -0.39 is 10.0 Å². The lowest BCUT2D eigenvalue weighted by molar-refractivity contribution is -0.119. The average molecular weight is 517 g/mol. The third kappa shape index (κ3) is 6.31. The monoisotopic (exact) mass is 516 g/mol. The molecule has 0 atom stereocenters. The predicted octanol–water partition coefficient (Wildman–Crippen LogP) is 4.17. The van der Waals surface area contributed by atoms with Crippen LogP contribution in [-0.2, 0) is 14.8 Å². The first kappa shape index (κ1) is 24.6. The molecule has 1 fully saturated rings. The molecule has 10 nitrogen and oxygen atoms in total. The highest BCUT2D eigenvalue weighted by molar-refractivity contribution is 7.92. The van der Waals surface area contributed by atoms with Gasteiger partial charge in [-0.15, -0.1) is 0 Å². The lowest BCUT2D eigenvalue weighted by Gasteiger charge is -2.28. The van der Waals surface area contributed by atoms with Crippen molar-refractivity contribution in [3.05, 3.63) is 53.7 Å². The van der Waals surface area contributed by atoms with Crippen LogP contribution < -0.4 is 25.0 Å². The Morgan fingerprint density at radius 2 is 1.74 bits per heavy atom. The van der Waals surface area contributed by atoms with Crippen molar-refractivity contribution in [3.63, 3.8) is 0 Å². The molecule has 3 N–H and O–H groups in total. The molecule has 1 aliphatic heterocycles. The lowest BCUT2D eigenvalue weighted by Crippen LogP contribution is -2.33. The van der Waals surface area contributed by atoms with Crippen LogP contribution >= 0.6 is 11.6 Å². The highest BCUT2D eigenvalue weighted by atomic mass is 35.5. The fraction of sp³-hybridized carbons (Fsp3) is 0.261. The summed E-state index contributed by atoms with van der Waals surface area (Å²) in [4.78, 5) is 22.4. The zero-order valence-electron chi connectivity index (χ0n) is 19.2. The van der Waals surface area contributed by atoms with E-state index in [2.05, 4.69) is 30.2 Å². The van der Waals surface area contributed by atoms with Gasteiger partial charge in [-0.05, 0) is 24.3 Å². The van der Waals surface area contributed by atoms with E-state index in [1.807, 2.05) is 18.2 Å². The number of anilines is 6. The van der Waals surface area contributed by atoms with Crippen molar-refractivity contribution >= 4 is 61.9 Å². The molecule has 0 spiro atoms. The number of Topliss-reactive ketones (excluding diaryl/α,β-unsaturated/α-hetero) is 1. The number of piperidine rings is 1. The van der Waals surface area contributed by atoms with Crippen LogP contribution in [0.5, 0.6) is 5.75 Å². The van der Waals surface area contributed by atoms with Crippen LogP contribution in [0.4, 0.5) is 34.5 Å². The molecule has 2 aromatic carbocycles. The fourth-order valence-corrected chi connectivity index (χ4v) is 4.35. The van der Waals surface area contributed by atoms with Gasteiger partial charge in [0.1, 0.15) is 16.6 Å². The van der Waals surface area contributed by atoms with Gasteiger partial charge in [-0.25, -0.2) is 13.4 Å². The van der Waals surface area contributed by atoms with Gasteiger partial charge in [-0.1, -0.05) is 23.7 Å². The first-order chi connectivity index (χ1) is 16.7. The molecular formula is C23H25ClN6O4S. The Kier molecular flexibility index (Phi) is 7.27. The number of sulfonamides is 1. The largest absolute Gasteiger partial charge is 0.494 e. The van der Waals surface area contributed by atoms with Crippen LogP contribution in [0.2, 0.25) is 5.02 Å². The van der Waals surface area contributed by atoms with Gasteiger partial charge in [0.25, 0.3) is 0 Å². The molecule has 0 aliphatic carbocycles. The summed E-state index contributed by atoms with van der Waals surface area (Å²) >= 11 is 6.30. The van der Waals surface area contributed by atoms with Crippen LogP contribution in [0.3, 0.4) is 0 Å². The van der Waals surface area contributed by atoms with E-state index in [0.717, 1.165) is 11.9 Å². The summed E-state index contributed by atoms with van der Waals surface area (Å²) < 4.78 is 31.4. The minimum atomic E-state index is -3.48. The molecular weight excluding hydrogens is 492 g/mol. The number of para-hydroxylation sites is 2. The first-order valence-corrected chi connectivity index (χ1v) is 13.1. The van der Waals surface area contributed by atoms with Gasteiger partial charge in [0.05, 0.1) is 36.6 Å². The Labute approximate surface area is 208 Å². The molecule has 0 amide bonds. The Morgan fingerprint density at radius 1 is 1.03 bits per heavy atom. The summed E-state index contributed by atoms with van der Waals surface area (Å²) in [6, 6.07) is 12.5. The van der Waals surface area contributed by atoms with Crippen LogP contribution in [-0.4, -0.2) is 50.6 Å². The molecule has 0 bridgehead atoms. The maximum Gasteiger partial charge on any atom is 0.229 e. The average Bonchev–Trinajstić information content (AvgIpc) is 2.82. The lowest BCUT2D eigenvalue weighted by atomic mass is 10.1. The minimum Gasteiger partial charge on any atom is -0.494 e. The summed E-state index contributed by atoms with van der Waals surface area (Å²) in [6.07, 6.45) is 3.60. The highest BCUT2D eigenvalue weighted by Crippen LogP contribution is 2.34. The number of hydrogen-bond donors (Lipinski definition) is 3. The molecule has 184 valence electrons. The summed E-state index contributed by atoms with van der Waals surface area (Å²) in [6.45, 7) is 1.36. The second kappa shape index (κ2) is 10.4. The van der Waals surface area contributed by atoms with Crippen LogP contribution in [0.1, 0.15) is 12.8 Å². The van der Waals surface area contributed by atoms with Gasteiger partial charge >= 0.3 is 0 Å². The van der Waals surface area contributed by atoms with Crippen LogP contribution in [0.25, 0.3) is 0 Å². The summed E-state index contributed by atoms with van der Waals surface area (Å²) in [7, 11) is -1.90. The van der Waals surface area contributed by atoms with Crippen molar-refractivity contribution in [2.24, 2.45) is 0 Å². The minimum absolute atomic E-state index is 0.256. The van der Waals surface area contributed by atoms with Crippen molar-refractivity contribution in [1.82, 2.24) is 9.97 Å². The number of ether oxygens (including phenoxy) is 1. The molecule has 35 heavy (non-hydrogen) atoms. The van der Waals surface area contributed by atoms with E-state index in [9.17, 15) is 13.2 Å². The van der Waals surface area contributed by atoms with Gasteiger partial charge in [0, 0.05) is 37.7 Å². The number of aromatic nitrogens is 2. The van der Waals surface area contributed by atoms with E-state index in [0.29, 0.717) is 54.6 Å². The molecule has 0 saturated carbocycles. The molecule has 3 aromatic rings. The maximum atomic E-state index is 11.7. The van der Waals surface area contributed by atoms with Gasteiger partial charge < -0.3 is 20.3 Å². The summed E-state index contributed by atoms with van der Waals surface area (Å²) in [5.74, 6) is 1.43. The second-order valence-corrected chi connectivity index (χ2v) is 10.1. The first-order valence-electron chi connectivity index (χ1n) is 10.8. The number of halogens is 1. The molecule has 1 aromatic heterocycles. The number of ketones is 1. The quantitative estimate of drug-likeness (QED) is 0.404. The van der Waals surface area contributed by atoms with E-state index >= 15 is 0 Å². The van der Waals surface area contributed by atoms with Crippen LogP contribution in [0, 0.1) is 0 Å². The number of methoxy groups -OCH3 is 1. The molecule has 1 aliphatic rings. The third-order valence-corrected chi connectivity index (χ3v) is 6.20. The van der Waals surface area contributed by atoms with Crippen molar-refractivity contribution in [2.75, 3.05) is 46.7 Å². The van der Waals surface area contributed by atoms with Crippen LogP contribution in [0.15, 0.2) is 48.7 Å². The van der Waals surface area contributed by atoms with Gasteiger partial charge in [-0.3, -0.25) is 9.52 Å². The second-order valence-electron chi connectivity index (χ2n) is 7.97. The molecule has 12 heteroatoms. The molecule has 0 radical (unpaired) electrons. The van der Waals surface area contributed by atoms with Gasteiger partial charge in [-0.2, -0.15) is 4.98 Å². The normalized spacial score (nSPS) is 13.9. The van der Waals surface area contributed by atoms with Gasteiger partial charge in [0.15, 0.2) is 5.82 Å². The zero-order valence-corrected chi connectivity index (χ0v) is 20.8. The SMILES string of the molecule is COc1cc(N2CCC(=O)CC2)ccc1Nc1ncc(Cl)c(Nc2ccccc2NS(C)(=O)=O)n1. The number of rotatable bonds is 8. The summed E-state index contributed by atoms with van der Waals surface area (Å²) in [5, 5.41) is 6.45. The Hall–Kier alpha value is -3.57. The molecule has 4 rings (SSSR count). The van der Waals surface area contributed by atoms with Crippen molar-refractivity contribution < 1.29 is 17.9 Å². The number of carbonyl (C=O) groups excluding carboxylic acids is 1. The topological polar surface area (TPSA) is 126 Å². The van der Waals surface area contributed by atoms with E-state index in [1.54, 1.807) is 31.4 Å². The molecule has 1 saturated heterocycles. The molecule has 0 unspecified atom stereocenters. The Bertz CT molecular complexity index is 1340. The van der Waals surface area contributed by atoms with Crippen molar-refractivity contribution in [3.8, 4) is 5.75 Å². The number of nitrogens with zero attached hydrogens (tertiary/aromatic N) is 3. The Balaban J connectivity index is 1.55. The Morgan fingerprint density at radius 3 is 2.43 bits per heavy atom. The smallest absolute Gasteiger partial charge is 0.229 e. The molecule has 2 heterocycles. The third-order valence-electron chi connectivity index (χ3n) is 5.34. The number of benzene rings is 2. The van der Waals surface area contributed by atoms with E-state index in [1.165, 1.54) is 6.20 Å². The zero-order chi connectivity index (χ0) is 25.0. The van der Waals surface area contributed by atoms with Crippen molar-refractivity contribution in [2.45, 2.75) is 12.8 Å². The van der Waals surface area contributed by atoms with Gasteiger partial charge in [0.2, 0.25) is 16.0 Å². The van der Waals surface area contributed by atoms with E-state index in [4.69, 9.17) is 16.3 Å². The fourth-order valence-electron chi connectivity index (χ4n) is 3.64. The predicted molar refractivity (Wildman–Crippen MR) is 138 cm³/mol. The van der Waals surface area contributed by atoms with Crippen molar-refractivity contribution in [1.29, 1.82) is 0 Å². The number of hydrogen-bond acceptors (Lipinski definition) is 9. The number of carbonyl (C=O) groups is 1. The number of nitrogens with one attached hydrogen (secondary N) is 3. The highest BCUT2D eigenvalue weighted by Gasteiger charge is 2.18. The van der Waals surface area contributed by atoms with E-state index in [-0.39, 0.29) is 16.8 Å². The summed E-state index contributed by atoms with van der Waals surface area (Å²) in [5.41, 5.74) is 2.45. The maximum absolute atomic E-state index is 11.7.